The first-order valence-corrected chi connectivity index (χ1v) is 5.13. The minimum Gasteiger partial charge on any atom is -0.274 e. The van der Waals surface area contributed by atoms with Crippen molar-refractivity contribution in [1.29, 1.82) is 0 Å². The van der Waals surface area contributed by atoms with E-state index in [9.17, 15) is 4.79 Å². The summed E-state index contributed by atoms with van der Waals surface area (Å²) in [5, 5.41) is 0. The molecule has 0 unspecified atom stereocenters. The van der Waals surface area contributed by atoms with Crippen molar-refractivity contribution < 1.29 is 4.79 Å². The molecule has 0 aliphatic heterocycles. The number of anilines is 1. The second-order valence-corrected chi connectivity index (χ2v) is 3.65. The van der Waals surface area contributed by atoms with Crippen LogP contribution < -0.4 is 4.31 Å². The summed E-state index contributed by atoms with van der Waals surface area (Å²) in [6, 6.07) is 7.90. The Kier molecular flexibility index (Phi) is 4.01. The van der Waals surface area contributed by atoms with Crippen molar-refractivity contribution in [1.82, 2.24) is 0 Å². The molecule has 0 aliphatic rings. The zero-order valence-electron chi connectivity index (χ0n) is 8.53. The van der Waals surface area contributed by atoms with Gasteiger partial charge >= 0.3 is 0 Å². The van der Waals surface area contributed by atoms with E-state index in [1.807, 2.05) is 24.3 Å². The minimum atomic E-state index is -0.0726. The molecule has 1 rings (SSSR count). The van der Waals surface area contributed by atoms with Crippen molar-refractivity contribution in [3.8, 4) is 0 Å². The molecule has 0 saturated carbocycles. The highest BCUT2D eigenvalue weighted by atomic mass is 32.1. The van der Waals surface area contributed by atoms with Gasteiger partial charge in [0.1, 0.15) is 0 Å². The molecule has 0 spiro atoms. The van der Waals surface area contributed by atoms with Crippen molar-refractivity contribution in [2.24, 2.45) is 0 Å². The van der Waals surface area contributed by atoms with Crippen LogP contribution in [0.1, 0.15) is 25.8 Å². The second kappa shape index (κ2) is 5.05. The van der Waals surface area contributed by atoms with Crippen LogP contribution >= 0.6 is 12.8 Å². The fraction of sp³-hybridized carbons (Fsp3) is 0.364. The fourth-order valence-electron chi connectivity index (χ4n) is 1.27. The van der Waals surface area contributed by atoms with Crippen LogP contribution in [0, 0.1) is 0 Å². The maximum Gasteiger partial charge on any atom is 0.233 e. The Bertz CT molecular complexity index is 308. The molecule has 14 heavy (non-hydrogen) atoms. The van der Waals surface area contributed by atoms with E-state index in [2.05, 4.69) is 19.7 Å². The molecule has 0 saturated heterocycles. The van der Waals surface area contributed by atoms with Crippen LogP contribution in [0.3, 0.4) is 0 Å². The highest BCUT2D eigenvalue weighted by molar-refractivity contribution is 7.82. The average Bonchev–Trinajstić information content (AvgIpc) is 2.18. The maximum atomic E-state index is 11.0. The number of amides is 1. The van der Waals surface area contributed by atoms with Gasteiger partial charge in [0.05, 0.1) is 5.69 Å². The number of aryl methyl sites for hydroxylation is 1. The van der Waals surface area contributed by atoms with Gasteiger partial charge in [-0.1, -0.05) is 38.3 Å². The van der Waals surface area contributed by atoms with E-state index in [1.165, 1.54) is 16.8 Å². The van der Waals surface area contributed by atoms with Gasteiger partial charge in [0.2, 0.25) is 5.91 Å². The van der Waals surface area contributed by atoms with Gasteiger partial charge in [0.15, 0.2) is 0 Å². The SMILES string of the molecule is CCCc1ccc(N(S)C(C)=O)cc1. The first-order chi connectivity index (χ1) is 6.65. The molecule has 1 aromatic rings. The molecule has 0 aromatic heterocycles. The smallest absolute Gasteiger partial charge is 0.233 e. The van der Waals surface area contributed by atoms with Gasteiger partial charge in [-0.3, -0.25) is 9.10 Å². The predicted molar refractivity (Wildman–Crippen MR) is 62.6 cm³/mol. The molecular weight excluding hydrogens is 194 g/mol. The second-order valence-electron chi connectivity index (χ2n) is 3.25. The summed E-state index contributed by atoms with van der Waals surface area (Å²) in [6.45, 7) is 3.64. The molecule has 0 radical (unpaired) electrons. The largest absolute Gasteiger partial charge is 0.274 e. The normalized spacial score (nSPS) is 9.93. The lowest BCUT2D eigenvalue weighted by molar-refractivity contribution is -0.115. The zero-order chi connectivity index (χ0) is 10.6. The number of benzene rings is 1. The minimum absolute atomic E-state index is 0.0726. The van der Waals surface area contributed by atoms with Crippen molar-refractivity contribution in [2.75, 3.05) is 4.31 Å². The van der Waals surface area contributed by atoms with Crippen molar-refractivity contribution in [2.45, 2.75) is 26.7 Å². The number of hydrogen-bond acceptors (Lipinski definition) is 2. The number of nitrogens with zero attached hydrogens (tertiary/aromatic N) is 1. The molecule has 1 aromatic carbocycles. The van der Waals surface area contributed by atoms with Gasteiger partial charge in [0.25, 0.3) is 0 Å². The number of rotatable bonds is 3. The third-order valence-electron chi connectivity index (χ3n) is 2.02. The topological polar surface area (TPSA) is 20.3 Å². The Hall–Kier alpha value is -0.960. The third kappa shape index (κ3) is 2.77. The van der Waals surface area contributed by atoms with Gasteiger partial charge in [-0.05, 0) is 24.1 Å². The molecule has 0 N–H and O–H groups in total. The average molecular weight is 209 g/mol. The number of carbonyl (C=O) groups excluding carboxylic acids is 1. The van der Waals surface area contributed by atoms with Crippen molar-refractivity contribution in [3.05, 3.63) is 29.8 Å². The molecule has 2 nitrogen and oxygen atoms in total. The summed E-state index contributed by atoms with van der Waals surface area (Å²) in [6.07, 6.45) is 2.21. The number of thiol groups is 1. The standard InChI is InChI=1S/C11H15NOS/c1-3-4-10-5-7-11(8-6-10)12(14)9(2)13/h5-8,14H,3-4H2,1-2H3. The van der Waals surface area contributed by atoms with E-state index in [-0.39, 0.29) is 5.91 Å². The van der Waals surface area contributed by atoms with Gasteiger partial charge in [-0.25, -0.2) is 0 Å². The fourth-order valence-corrected chi connectivity index (χ4v) is 1.41. The van der Waals surface area contributed by atoms with Crippen LogP contribution in [0.5, 0.6) is 0 Å². The summed E-state index contributed by atoms with van der Waals surface area (Å²) >= 11 is 4.08. The lowest BCUT2D eigenvalue weighted by Crippen LogP contribution is -2.16. The van der Waals surface area contributed by atoms with Gasteiger partial charge in [-0.15, -0.1) is 0 Å². The Morgan fingerprint density at radius 1 is 1.36 bits per heavy atom. The van der Waals surface area contributed by atoms with E-state index >= 15 is 0 Å². The first-order valence-electron chi connectivity index (χ1n) is 4.73. The van der Waals surface area contributed by atoms with E-state index in [0.717, 1.165) is 18.5 Å². The summed E-state index contributed by atoms with van der Waals surface area (Å²) in [7, 11) is 0. The Morgan fingerprint density at radius 2 is 1.93 bits per heavy atom. The zero-order valence-corrected chi connectivity index (χ0v) is 9.42. The van der Waals surface area contributed by atoms with E-state index in [0.29, 0.717) is 0 Å². The summed E-state index contributed by atoms with van der Waals surface area (Å²) in [5.41, 5.74) is 2.11. The van der Waals surface area contributed by atoms with Gasteiger partial charge in [-0.2, -0.15) is 0 Å². The number of hydrogen-bond donors (Lipinski definition) is 1. The quantitative estimate of drug-likeness (QED) is 0.759. The summed E-state index contributed by atoms with van der Waals surface area (Å²) < 4.78 is 1.34. The Morgan fingerprint density at radius 3 is 2.36 bits per heavy atom. The monoisotopic (exact) mass is 209 g/mol. The lowest BCUT2D eigenvalue weighted by Gasteiger charge is -2.13. The van der Waals surface area contributed by atoms with E-state index < -0.39 is 0 Å². The molecule has 0 atom stereocenters. The van der Waals surface area contributed by atoms with Gasteiger partial charge in [0, 0.05) is 6.92 Å². The van der Waals surface area contributed by atoms with E-state index in [1.54, 1.807) is 0 Å². The molecule has 76 valence electrons. The molecular formula is C11H15NOS. The highest BCUT2D eigenvalue weighted by Crippen LogP contribution is 2.17. The highest BCUT2D eigenvalue weighted by Gasteiger charge is 2.05. The van der Waals surface area contributed by atoms with Crippen molar-refractivity contribution in [3.63, 3.8) is 0 Å². The van der Waals surface area contributed by atoms with Crippen LogP contribution in [0.2, 0.25) is 0 Å². The third-order valence-corrected chi connectivity index (χ3v) is 2.53. The van der Waals surface area contributed by atoms with Crippen LogP contribution in [-0.2, 0) is 11.2 Å². The Labute approximate surface area is 90.5 Å². The predicted octanol–water partition coefficient (Wildman–Crippen LogP) is 2.84. The van der Waals surface area contributed by atoms with Crippen LogP contribution in [-0.4, -0.2) is 5.91 Å². The maximum absolute atomic E-state index is 11.0. The van der Waals surface area contributed by atoms with Crippen molar-refractivity contribution >= 4 is 24.4 Å². The first kappa shape index (κ1) is 11.1. The molecule has 0 fully saturated rings. The molecule has 0 aliphatic carbocycles. The molecule has 0 heterocycles. The van der Waals surface area contributed by atoms with E-state index in [4.69, 9.17) is 0 Å². The van der Waals surface area contributed by atoms with Gasteiger partial charge < -0.3 is 0 Å². The summed E-state index contributed by atoms with van der Waals surface area (Å²) in [4.78, 5) is 11.0. The molecule has 3 heteroatoms. The number of carbonyl (C=O) groups is 1. The Balaban J connectivity index is 2.77. The lowest BCUT2D eigenvalue weighted by atomic mass is 10.1. The summed E-state index contributed by atoms with van der Waals surface area (Å²) in [5.74, 6) is -0.0726. The van der Waals surface area contributed by atoms with Crippen LogP contribution in [0.25, 0.3) is 0 Å². The molecule has 0 bridgehead atoms. The van der Waals surface area contributed by atoms with Crippen LogP contribution in [0.4, 0.5) is 5.69 Å². The van der Waals surface area contributed by atoms with Crippen LogP contribution in [0.15, 0.2) is 24.3 Å². The molecule has 1 amide bonds.